The molecule has 0 saturated carbocycles. The lowest BCUT2D eigenvalue weighted by Crippen LogP contribution is -2.55. The Balaban J connectivity index is 1.53. The highest BCUT2D eigenvalue weighted by molar-refractivity contribution is 9.10. The third kappa shape index (κ3) is 3.20. The molecule has 5 aromatic rings. The number of benzene rings is 5. The third-order valence-corrected chi connectivity index (χ3v) is 9.10. The molecule has 0 spiro atoms. The minimum Gasteiger partial charge on any atom is -0.276 e. The van der Waals surface area contributed by atoms with Crippen molar-refractivity contribution >= 4 is 55.0 Å². The summed E-state index contributed by atoms with van der Waals surface area (Å²) in [5, 5.41) is 5.44. The summed E-state index contributed by atoms with van der Waals surface area (Å²) in [7, 11) is 0. The van der Waals surface area contributed by atoms with E-state index in [-0.39, 0.29) is 6.03 Å². The van der Waals surface area contributed by atoms with Gasteiger partial charge in [-0.05, 0) is 70.8 Å². The summed E-state index contributed by atoms with van der Waals surface area (Å²) in [5.41, 5.74) is 9.12. The molecule has 1 aliphatic carbocycles. The van der Waals surface area contributed by atoms with Crippen molar-refractivity contribution < 1.29 is 9.60 Å². The number of halogens is 2. The first-order chi connectivity index (χ1) is 20.0. The molecule has 2 amide bonds. The number of urea groups is 1. The van der Waals surface area contributed by atoms with Crippen LogP contribution in [0.1, 0.15) is 11.1 Å². The lowest BCUT2D eigenvalue weighted by atomic mass is 9.71. The number of rotatable bonds is 3. The minimum atomic E-state index is -1.24. The number of hydrogen-bond acceptors (Lipinski definition) is 2. The van der Waals surface area contributed by atoms with Crippen molar-refractivity contribution in [3.63, 3.8) is 0 Å². The van der Waals surface area contributed by atoms with Crippen LogP contribution in [0.3, 0.4) is 0 Å². The molecule has 6 nitrogen and oxygen atoms in total. The van der Waals surface area contributed by atoms with Gasteiger partial charge < -0.3 is 0 Å². The summed E-state index contributed by atoms with van der Waals surface area (Å²) in [6, 6.07) is 41.8. The molecule has 0 bridgehead atoms. The van der Waals surface area contributed by atoms with Crippen LogP contribution in [0.25, 0.3) is 16.6 Å². The number of hydrogen-bond donors (Lipinski definition) is 0. The second-order valence-electron chi connectivity index (χ2n) is 10.2. The van der Waals surface area contributed by atoms with Crippen LogP contribution in [0, 0.1) is 0 Å². The molecule has 1 saturated heterocycles. The second kappa shape index (κ2) is 8.86. The summed E-state index contributed by atoms with van der Waals surface area (Å²) >= 11 is 7.12. The van der Waals surface area contributed by atoms with E-state index in [0.717, 1.165) is 48.3 Å². The zero-order chi connectivity index (χ0) is 27.8. The van der Waals surface area contributed by atoms with E-state index in [1.54, 1.807) is 4.81 Å². The number of carbonyl (C=O) groups is 1. The standard InChI is InChI=1S/C33H21Br2N5O/c34-22-14-18-25(19-15-22)39-31(41)38(24-8-2-1-3-9-24)32-29-12-6-4-10-27(29)28-11-5-7-13-30(28)33(32,39)37-40(36-32)26-20-16-23(35)17-21-26/h1-21H/t32-,33+/m1/s1. The fraction of sp³-hybridized carbons (Fsp3) is 0.0606. The smallest absolute Gasteiger partial charge is 0.276 e. The lowest BCUT2D eigenvalue weighted by Gasteiger charge is -2.49. The average Bonchev–Trinajstić information content (AvgIpc) is 3.47. The maximum absolute atomic E-state index is 15.0. The molecule has 2 aliphatic heterocycles. The van der Waals surface area contributed by atoms with E-state index < -0.39 is 11.3 Å². The molecule has 3 aliphatic rings. The van der Waals surface area contributed by atoms with Crippen LogP contribution in [-0.4, -0.2) is 10.8 Å². The number of azo groups is 1. The summed E-state index contributed by atoms with van der Waals surface area (Å²) in [6.07, 6.45) is 0. The van der Waals surface area contributed by atoms with Gasteiger partial charge in [0.15, 0.2) is 11.3 Å². The van der Waals surface area contributed by atoms with Gasteiger partial charge in [-0.3, -0.25) is 9.80 Å². The molecule has 0 aromatic heterocycles. The monoisotopic (exact) mass is 661 g/mol. The predicted octanol–water partition coefficient (Wildman–Crippen LogP) is 9.44. The Morgan fingerprint density at radius 3 is 1.83 bits per heavy atom. The van der Waals surface area contributed by atoms with E-state index >= 15 is 0 Å². The van der Waals surface area contributed by atoms with Gasteiger partial charge in [-0.1, -0.05) is 98.6 Å². The average molecular weight is 663 g/mol. The van der Waals surface area contributed by atoms with E-state index in [1.807, 2.05) is 113 Å². The summed E-state index contributed by atoms with van der Waals surface area (Å²) in [6.45, 7) is 0. The number of anilines is 2. The molecule has 2 heterocycles. The van der Waals surface area contributed by atoms with Gasteiger partial charge in [-0.2, -0.15) is 10.5 Å². The van der Waals surface area contributed by atoms with Crippen molar-refractivity contribution in [2.24, 2.45) is 5.11 Å². The van der Waals surface area contributed by atoms with E-state index in [2.05, 4.69) is 56.1 Å². The number of nitrogens with zero attached hydrogens (tertiary/aromatic N) is 5. The highest BCUT2D eigenvalue weighted by Gasteiger charge is 2.74. The Morgan fingerprint density at radius 1 is 0.610 bits per heavy atom. The summed E-state index contributed by atoms with van der Waals surface area (Å²) in [4.78, 5) is 20.3. The molecular weight excluding hydrogens is 642 g/mol. The zero-order valence-electron chi connectivity index (χ0n) is 21.5. The van der Waals surface area contributed by atoms with Crippen molar-refractivity contribution in [1.29, 1.82) is 0 Å². The van der Waals surface area contributed by atoms with Gasteiger partial charge in [0, 0.05) is 32.5 Å². The maximum atomic E-state index is 15.0. The molecular formula is C33H21Br2N5O. The lowest BCUT2D eigenvalue weighted by molar-refractivity contribution is -0.457. The van der Waals surface area contributed by atoms with Gasteiger partial charge in [0.2, 0.25) is 5.69 Å². The topological polar surface area (TPSA) is 53.0 Å². The number of para-hydroxylation sites is 1. The molecule has 0 N–H and O–H groups in total. The van der Waals surface area contributed by atoms with Crippen LogP contribution >= 0.6 is 31.9 Å². The van der Waals surface area contributed by atoms with Crippen LogP contribution in [0.4, 0.5) is 21.9 Å². The van der Waals surface area contributed by atoms with Gasteiger partial charge in [0.1, 0.15) is 0 Å². The molecule has 2 atom stereocenters. The van der Waals surface area contributed by atoms with Crippen LogP contribution in [0.2, 0.25) is 0 Å². The van der Waals surface area contributed by atoms with Gasteiger partial charge in [0.25, 0.3) is 0 Å². The Morgan fingerprint density at radius 2 is 1.15 bits per heavy atom. The quantitative estimate of drug-likeness (QED) is 0.178. The maximum Gasteiger partial charge on any atom is 0.330 e. The fourth-order valence-electron chi connectivity index (χ4n) is 6.43. The van der Waals surface area contributed by atoms with Crippen LogP contribution < -0.4 is 9.80 Å². The van der Waals surface area contributed by atoms with Gasteiger partial charge >= 0.3 is 6.03 Å². The Labute approximate surface area is 253 Å². The summed E-state index contributed by atoms with van der Waals surface area (Å²) < 4.78 is 1.89. The Bertz CT molecular complexity index is 1880. The van der Waals surface area contributed by atoms with Crippen molar-refractivity contribution in [2.75, 3.05) is 9.80 Å². The Hall–Kier alpha value is -4.27. The molecule has 1 fully saturated rings. The van der Waals surface area contributed by atoms with Gasteiger partial charge in [-0.15, -0.1) is 4.81 Å². The van der Waals surface area contributed by atoms with Crippen molar-refractivity contribution in [2.45, 2.75) is 11.3 Å². The normalized spacial score (nSPS) is 21.9. The van der Waals surface area contributed by atoms with Gasteiger partial charge in [-0.25, -0.2) is 4.79 Å². The van der Waals surface area contributed by atoms with Gasteiger partial charge in [0.05, 0.1) is 0 Å². The fourth-order valence-corrected chi connectivity index (χ4v) is 6.96. The van der Waals surface area contributed by atoms with Crippen LogP contribution in [-0.2, 0) is 11.3 Å². The third-order valence-electron chi connectivity index (χ3n) is 8.05. The highest BCUT2D eigenvalue weighted by Crippen LogP contribution is 2.68. The van der Waals surface area contributed by atoms with E-state index in [4.69, 9.17) is 10.5 Å². The van der Waals surface area contributed by atoms with Crippen LogP contribution in [0.5, 0.6) is 0 Å². The SMILES string of the molecule is O=C1N(c2ccccc2)[C@@]23N=[N+](c4ccc(Br)cc4)[N-][C@@]2(c2ccccc2-c2ccccc23)N1c1ccc(Br)cc1. The summed E-state index contributed by atoms with van der Waals surface area (Å²) in [5.74, 6) is 0. The zero-order valence-corrected chi connectivity index (χ0v) is 24.7. The van der Waals surface area contributed by atoms with E-state index in [1.165, 1.54) is 0 Å². The second-order valence-corrected chi connectivity index (χ2v) is 12.0. The van der Waals surface area contributed by atoms with E-state index in [0.29, 0.717) is 0 Å². The molecule has 8 heteroatoms. The molecule has 5 aromatic carbocycles. The largest absolute Gasteiger partial charge is 0.330 e. The van der Waals surface area contributed by atoms with Crippen molar-refractivity contribution in [3.05, 3.63) is 153 Å². The molecule has 0 radical (unpaired) electrons. The molecule has 41 heavy (non-hydrogen) atoms. The first-order valence-electron chi connectivity index (χ1n) is 13.2. The minimum absolute atomic E-state index is 0.201. The molecule has 8 rings (SSSR count). The molecule has 0 unspecified atom stereocenters. The van der Waals surface area contributed by atoms with E-state index in [9.17, 15) is 4.79 Å². The first kappa shape index (κ1) is 24.5. The number of amides is 2. The highest BCUT2D eigenvalue weighted by atomic mass is 79.9. The first-order valence-corrected chi connectivity index (χ1v) is 14.8. The Kier molecular flexibility index (Phi) is 5.30. The predicted molar refractivity (Wildman–Crippen MR) is 166 cm³/mol. The van der Waals surface area contributed by atoms with Crippen molar-refractivity contribution in [3.8, 4) is 11.1 Å². The van der Waals surface area contributed by atoms with Crippen molar-refractivity contribution in [1.82, 2.24) is 0 Å². The number of carbonyl (C=O) groups excluding carboxylic acids is 1. The van der Waals surface area contributed by atoms with Crippen LogP contribution in [0.15, 0.2) is 141 Å². The number of fused-ring (bicyclic) bond motifs is 3. The molecule has 198 valence electrons.